The monoisotopic (exact) mass is 179 g/mol. The van der Waals surface area contributed by atoms with Crippen molar-refractivity contribution in [1.29, 1.82) is 0 Å². The molecular formula is C11H17NO. The van der Waals surface area contributed by atoms with Gasteiger partial charge in [0.15, 0.2) is 0 Å². The second-order valence-corrected chi connectivity index (χ2v) is 3.30. The van der Waals surface area contributed by atoms with Crippen LogP contribution in [-0.2, 0) is 6.42 Å². The van der Waals surface area contributed by atoms with Gasteiger partial charge in [-0.2, -0.15) is 0 Å². The number of aryl methyl sites for hydroxylation is 1. The molecule has 0 radical (unpaired) electrons. The lowest BCUT2D eigenvalue weighted by Gasteiger charge is -2.14. The van der Waals surface area contributed by atoms with Gasteiger partial charge in [0.05, 0.1) is 6.61 Å². The first-order valence-electron chi connectivity index (χ1n) is 4.60. The highest BCUT2D eigenvalue weighted by molar-refractivity contribution is 5.26. The van der Waals surface area contributed by atoms with E-state index in [9.17, 15) is 0 Å². The molecule has 0 spiro atoms. The molecule has 0 bridgehead atoms. The number of rotatable bonds is 4. The summed E-state index contributed by atoms with van der Waals surface area (Å²) in [5.41, 5.74) is 2.59. The van der Waals surface area contributed by atoms with Crippen molar-refractivity contribution in [2.45, 2.75) is 19.4 Å². The van der Waals surface area contributed by atoms with Crippen molar-refractivity contribution in [3.8, 4) is 0 Å². The normalized spacial score (nSPS) is 12.8. The van der Waals surface area contributed by atoms with Gasteiger partial charge in [0.1, 0.15) is 0 Å². The first-order valence-corrected chi connectivity index (χ1v) is 4.60. The van der Waals surface area contributed by atoms with Gasteiger partial charge in [0, 0.05) is 6.04 Å². The Labute approximate surface area is 79.6 Å². The molecule has 2 heteroatoms. The molecular weight excluding hydrogens is 162 g/mol. The van der Waals surface area contributed by atoms with Gasteiger partial charge in [0.2, 0.25) is 0 Å². The van der Waals surface area contributed by atoms with Crippen LogP contribution in [0.1, 0.15) is 11.1 Å². The number of benzene rings is 1. The van der Waals surface area contributed by atoms with Crippen molar-refractivity contribution in [3.05, 3.63) is 35.4 Å². The summed E-state index contributed by atoms with van der Waals surface area (Å²) < 4.78 is 0. The van der Waals surface area contributed by atoms with E-state index in [0.29, 0.717) is 0 Å². The van der Waals surface area contributed by atoms with Crippen LogP contribution in [-0.4, -0.2) is 24.8 Å². The van der Waals surface area contributed by atoms with Crippen LogP contribution >= 0.6 is 0 Å². The highest BCUT2D eigenvalue weighted by Crippen LogP contribution is 2.09. The maximum absolute atomic E-state index is 9.02. The van der Waals surface area contributed by atoms with Crippen LogP contribution in [0.4, 0.5) is 0 Å². The zero-order chi connectivity index (χ0) is 9.68. The molecule has 0 aliphatic heterocycles. The summed E-state index contributed by atoms with van der Waals surface area (Å²) in [6, 6.07) is 8.44. The quantitative estimate of drug-likeness (QED) is 0.726. The summed E-state index contributed by atoms with van der Waals surface area (Å²) >= 11 is 0. The van der Waals surface area contributed by atoms with Crippen molar-refractivity contribution in [3.63, 3.8) is 0 Å². The molecule has 1 atom stereocenters. The first-order chi connectivity index (χ1) is 6.27. The summed E-state index contributed by atoms with van der Waals surface area (Å²) in [6.45, 7) is 2.28. The third-order valence-electron chi connectivity index (χ3n) is 2.36. The van der Waals surface area contributed by atoms with Gasteiger partial charge in [-0.3, -0.25) is 0 Å². The van der Waals surface area contributed by atoms with E-state index >= 15 is 0 Å². The lowest BCUT2D eigenvalue weighted by atomic mass is 10.0. The van der Waals surface area contributed by atoms with E-state index < -0.39 is 0 Å². The van der Waals surface area contributed by atoms with E-state index in [-0.39, 0.29) is 12.6 Å². The molecule has 0 aromatic heterocycles. The molecule has 2 nitrogen and oxygen atoms in total. The molecule has 0 saturated heterocycles. The van der Waals surface area contributed by atoms with Crippen LogP contribution in [0.3, 0.4) is 0 Å². The van der Waals surface area contributed by atoms with E-state index in [1.807, 2.05) is 19.2 Å². The van der Waals surface area contributed by atoms with Crippen molar-refractivity contribution >= 4 is 0 Å². The van der Waals surface area contributed by atoms with E-state index in [0.717, 1.165) is 6.42 Å². The Bertz CT molecular complexity index is 256. The molecule has 1 rings (SSSR count). The van der Waals surface area contributed by atoms with E-state index in [1.54, 1.807) is 0 Å². The summed E-state index contributed by atoms with van der Waals surface area (Å²) in [5, 5.41) is 12.1. The topological polar surface area (TPSA) is 32.3 Å². The maximum atomic E-state index is 9.02. The summed E-state index contributed by atoms with van der Waals surface area (Å²) in [4.78, 5) is 0. The minimum atomic E-state index is 0.168. The molecule has 13 heavy (non-hydrogen) atoms. The van der Waals surface area contributed by atoms with Crippen LogP contribution < -0.4 is 5.32 Å². The number of nitrogens with one attached hydrogen (secondary N) is 1. The van der Waals surface area contributed by atoms with Crippen molar-refractivity contribution < 1.29 is 5.11 Å². The Kier molecular flexibility index (Phi) is 3.93. The first kappa shape index (κ1) is 10.2. The minimum Gasteiger partial charge on any atom is -0.395 e. The number of likely N-dealkylation sites (N-methyl/N-ethyl adjacent to an activating group) is 1. The smallest absolute Gasteiger partial charge is 0.0587 e. The molecule has 0 amide bonds. The average molecular weight is 179 g/mol. The van der Waals surface area contributed by atoms with Gasteiger partial charge >= 0.3 is 0 Å². The van der Waals surface area contributed by atoms with Gasteiger partial charge in [-0.1, -0.05) is 24.3 Å². The molecule has 72 valence electrons. The van der Waals surface area contributed by atoms with Gasteiger partial charge in [-0.05, 0) is 31.5 Å². The summed E-state index contributed by atoms with van der Waals surface area (Å²) in [5.74, 6) is 0. The molecule has 0 aliphatic rings. The summed E-state index contributed by atoms with van der Waals surface area (Å²) in [7, 11) is 1.87. The van der Waals surface area contributed by atoms with Gasteiger partial charge in [-0.15, -0.1) is 0 Å². The number of hydrogen-bond donors (Lipinski definition) is 2. The number of aliphatic hydroxyl groups is 1. The molecule has 0 fully saturated rings. The standard InChI is InChI=1S/C11H17NO/c1-9-5-3-4-6-10(9)7-11(8-13)12-2/h3-6,11-13H,7-8H2,1-2H3. The molecule has 0 heterocycles. The SMILES string of the molecule is CNC(CO)Cc1ccccc1C. The Balaban J connectivity index is 2.67. The molecule has 1 aromatic carbocycles. The zero-order valence-electron chi connectivity index (χ0n) is 8.25. The molecule has 0 saturated carbocycles. The van der Waals surface area contributed by atoms with Crippen molar-refractivity contribution in [1.82, 2.24) is 5.32 Å². The van der Waals surface area contributed by atoms with Crippen LogP contribution in [0.25, 0.3) is 0 Å². The third-order valence-corrected chi connectivity index (χ3v) is 2.36. The largest absolute Gasteiger partial charge is 0.395 e. The zero-order valence-corrected chi connectivity index (χ0v) is 8.25. The lowest BCUT2D eigenvalue weighted by molar-refractivity contribution is 0.248. The average Bonchev–Trinajstić information content (AvgIpc) is 2.17. The molecule has 0 aliphatic carbocycles. The van der Waals surface area contributed by atoms with Crippen LogP contribution in [0, 0.1) is 6.92 Å². The fourth-order valence-corrected chi connectivity index (χ4v) is 1.36. The second kappa shape index (κ2) is 5.00. The fourth-order valence-electron chi connectivity index (χ4n) is 1.36. The van der Waals surface area contributed by atoms with Gasteiger partial charge in [0.25, 0.3) is 0 Å². The summed E-state index contributed by atoms with van der Waals surface area (Å²) in [6.07, 6.45) is 0.889. The Hall–Kier alpha value is -0.860. The number of aliphatic hydroxyl groups excluding tert-OH is 1. The van der Waals surface area contributed by atoms with E-state index in [2.05, 4.69) is 24.4 Å². The fraction of sp³-hybridized carbons (Fsp3) is 0.455. The predicted octanol–water partition coefficient (Wildman–Crippen LogP) is 1.12. The van der Waals surface area contributed by atoms with E-state index in [4.69, 9.17) is 5.11 Å². The molecule has 1 aromatic rings. The van der Waals surface area contributed by atoms with Crippen LogP contribution in [0.5, 0.6) is 0 Å². The van der Waals surface area contributed by atoms with Crippen molar-refractivity contribution in [2.75, 3.05) is 13.7 Å². The Morgan fingerprint density at radius 3 is 2.62 bits per heavy atom. The van der Waals surface area contributed by atoms with Gasteiger partial charge < -0.3 is 10.4 Å². The van der Waals surface area contributed by atoms with Crippen LogP contribution in [0.2, 0.25) is 0 Å². The third kappa shape index (κ3) is 2.83. The molecule has 1 unspecified atom stereocenters. The van der Waals surface area contributed by atoms with Crippen LogP contribution in [0.15, 0.2) is 24.3 Å². The molecule has 2 N–H and O–H groups in total. The highest BCUT2D eigenvalue weighted by atomic mass is 16.3. The number of hydrogen-bond acceptors (Lipinski definition) is 2. The highest BCUT2D eigenvalue weighted by Gasteiger charge is 2.06. The van der Waals surface area contributed by atoms with Crippen molar-refractivity contribution in [2.24, 2.45) is 0 Å². The maximum Gasteiger partial charge on any atom is 0.0587 e. The Morgan fingerprint density at radius 2 is 2.08 bits per heavy atom. The Morgan fingerprint density at radius 1 is 1.38 bits per heavy atom. The van der Waals surface area contributed by atoms with Gasteiger partial charge in [-0.25, -0.2) is 0 Å². The predicted molar refractivity (Wildman–Crippen MR) is 54.8 cm³/mol. The lowest BCUT2D eigenvalue weighted by Crippen LogP contribution is -2.31. The minimum absolute atomic E-state index is 0.168. The van der Waals surface area contributed by atoms with E-state index in [1.165, 1.54) is 11.1 Å². The second-order valence-electron chi connectivity index (χ2n) is 3.30.